The number of carbonyl (C=O) groups is 1. The van der Waals surface area contributed by atoms with Gasteiger partial charge in [0.25, 0.3) is 0 Å². The molecule has 0 bridgehead atoms. The van der Waals surface area contributed by atoms with E-state index < -0.39 is 0 Å². The maximum atomic E-state index is 11.3. The lowest BCUT2D eigenvalue weighted by atomic mass is 10.1. The van der Waals surface area contributed by atoms with Gasteiger partial charge >= 0.3 is 0 Å². The van der Waals surface area contributed by atoms with Crippen molar-refractivity contribution >= 4 is 22.9 Å². The second-order valence-electron chi connectivity index (χ2n) is 5.23. The Kier molecular flexibility index (Phi) is 4.96. The Morgan fingerprint density at radius 2 is 2.24 bits per heavy atom. The van der Waals surface area contributed by atoms with Crippen molar-refractivity contribution in [1.82, 2.24) is 9.88 Å². The first-order chi connectivity index (χ1) is 9.95. The summed E-state index contributed by atoms with van der Waals surface area (Å²) < 4.78 is 0. The number of hydrogen-bond acceptors (Lipinski definition) is 4. The second-order valence-corrected chi connectivity index (χ2v) is 6.30. The van der Waals surface area contributed by atoms with E-state index in [4.69, 9.17) is 0 Å². The molecule has 0 radical (unpaired) electrons. The van der Waals surface area contributed by atoms with Crippen LogP contribution in [0.3, 0.4) is 0 Å². The molecule has 1 aromatic carbocycles. The molecule has 0 spiro atoms. The molecule has 0 aliphatic heterocycles. The van der Waals surface area contributed by atoms with Gasteiger partial charge in [-0.15, -0.1) is 11.3 Å². The van der Waals surface area contributed by atoms with Crippen molar-refractivity contribution in [3.05, 3.63) is 45.9 Å². The van der Waals surface area contributed by atoms with E-state index in [-0.39, 0.29) is 11.9 Å². The third kappa shape index (κ3) is 4.29. The predicted octanol–water partition coefficient (Wildman–Crippen LogP) is 3.60. The summed E-state index contributed by atoms with van der Waals surface area (Å²) in [5, 5.41) is 6.62. The zero-order valence-corrected chi connectivity index (χ0v) is 13.7. The predicted molar refractivity (Wildman–Crippen MR) is 87.5 cm³/mol. The molecular formula is C16H21N3OS. The largest absolute Gasteiger partial charge is 0.377 e. The summed E-state index contributed by atoms with van der Waals surface area (Å²) in [5.41, 5.74) is 3.21. The van der Waals surface area contributed by atoms with Crippen LogP contribution in [0.15, 0.2) is 29.6 Å². The van der Waals surface area contributed by atoms with Gasteiger partial charge in [0.2, 0.25) is 5.91 Å². The Morgan fingerprint density at radius 1 is 1.48 bits per heavy atom. The molecule has 2 aromatic rings. The fourth-order valence-corrected chi connectivity index (χ4v) is 2.75. The van der Waals surface area contributed by atoms with E-state index in [0.717, 1.165) is 22.0 Å². The number of amides is 1. The van der Waals surface area contributed by atoms with Crippen LogP contribution in [0.5, 0.6) is 0 Å². The van der Waals surface area contributed by atoms with Crippen LogP contribution >= 0.6 is 11.3 Å². The molecule has 1 unspecified atom stereocenters. The minimum Gasteiger partial charge on any atom is -0.377 e. The van der Waals surface area contributed by atoms with E-state index in [1.54, 1.807) is 23.2 Å². The summed E-state index contributed by atoms with van der Waals surface area (Å²) in [6.07, 6.45) is 0. The zero-order valence-electron chi connectivity index (χ0n) is 12.9. The standard InChI is InChI=1S/C16H21N3OS/c1-11(16-10-21-12(2)18-16)17-15-7-5-6-14(8-15)9-19(4)13(3)20/h5-8,10-11,17H,9H2,1-4H3. The third-order valence-electron chi connectivity index (χ3n) is 3.35. The number of anilines is 1. The van der Waals surface area contributed by atoms with Gasteiger partial charge in [0.15, 0.2) is 0 Å². The summed E-state index contributed by atoms with van der Waals surface area (Å²) in [6, 6.07) is 8.31. The summed E-state index contributed by atoms with van der Waals surface area (Å²) in [6.45, 7) is 6.31. The maximum absolute atomic E-state index is 11.3. The van der Waals surface area contributed by atoms with Crippen LogP contribution in [-0.4, -0.2) is 22.8 Å². The van der Waals surface area contributed by atoms with E-state index in [9.17, 15) is 4.79 Å². The van der Waals surface area contributed by atoms with Crippen LogP contribution < -0.4 is 5.32 Å². The first-order valence-electron chi connectivity index (χ1n) is 6.95. The van der Waals surface area contributed by atoms with Crippen molar-refractivity contribution in [3.8, 4) is 0 Å². The molecule has 0 aliphatic carbocycles. The molecule has 1 heterocycles. The first kappa shape index (κ1) is 15.5. The van der Waals surface area contributed by atoms with Crippen LogP contribution in [0.2, 0.25) is 0 Å². The number of carbonyl (C=O) groups excluding carboxylic acids is 1. The molecule has 5 heteroatoms. The van der Waals surface area contributed by atoms with Gasteiger partial charge in [-0.1, -0.05) is 12.1 Å². The summed E-state index contributed by atoms with van der Waals surface area (Å²) >= 11 is 1.66. The average Bonchev–Trinajstić information content (AvgIpc) is 2.86. The monoisotopic (exact) mass is 303 g/mol. The van der Waals surface area contributed by atoms with Gasteiger partial charge in [0.1, 0.15) is 0 Å². The van der Waals surface area contributed by atoms with Gasteiger partial charge in [0, 0.05) is 31.6 Å². The number of aromatic nitrogens is 1. The van der Waals surface area contributed by atoms with Crippen LogP contribution in [-0.2, 0) is 11.3 Å². The lowest BCUT2D eigenvalue weighted by Crippen LogP contribution is -2.23. The van der Waals surface area contributed by atoms with Gasteiger partial charge in [-0.25, -0.2) is 4.98 Å². The number of nitrogens with one attached hydrogen (secondary N) is 1. The van der Waals surface area contributed by atoms with Crippen LogP contribution in [0.1, 0.15) is 36.2 Å². The van der Waals surface area contributed by atoms with Crippen LogP contribution in [0.4, 0.5) is 5.69 Å². The Morgan fingerprint density at radius 3 is 2.86 bits per heavy atom. The van der Waals surface area contributed by atoms with E-state index in [1.165, 1.54) is 0 Å². The molecule has 1 N–H and O–H groups in total. The van der Waals surface area contributed by atoms with Gasteiger partial charge in [-0.2, -0.15) is 0 Å². The molecule has 112 valence electrons. The molecule has 1 aromatic heterocycles. The molecule has 4 nitrogen and oxygen atoms in total. The number of hydrogen-bond donors (Lipinski definition) is 1. The summed E-state index contributed by atoms with van der Waals surface area (Å²) in [7, 11) is 1.81. The molecule has 0 aliphatic rings. The highest BCUT2D eigenvalue weighted by molar-refractivity contribution is 7.09. The SMILES string of the molecule is CC(=O)N(C)Cc1cccc(NC(C)c2csc(C)n2)c1. The quantitative estimate of drug-likeness (QED) is 0.918. The first-order valence-corrected chi connectivity index (χ1v) is 7.83. The molecular weight excluding hydrogens is 282 g/mol. The van der Waals surface area contributed by atoms with Gasteiger partial charge < -0.3 is 10.2 Å². The van der Waals surface area contributed by atoms with Crippen molar-refractivity contribution < 1.29 is 4.79 Å². The number of nitrogens with zero attached hydrogens (tertiary/aromatic N) is 2. The van der Waals surface area contributed by atoms with E-state index in [0.29, 0.717) is 6.54 Å². The minimum absolute atomic E-state index is 0.0691. The van der Waals surface area contributed by atoms with Gasteiger partial charge in [0.05, 0.1) is 16.7 Å². The smallest absolute Gasteiger partial charge is 0.219 e. The molecule has 0 fully saturated rings. The average molecular weight is 303 g/mol. The fraction of sp³-hybridized carbons (Fsp3) is 0.375. The minimum atomic E-state index is 0.0691. The number of aryl methyl sites for hydroxylation is 1. The Bertz CT molecular complexity index is 623. The van der Waals surface area contributed by atoms with Gasteiger partial charge in [-0.3, -0.25) is 4.79 Å². The van der Waals surface area contributed by atoms with E-state index in [2.05, 4.69) is 28.7 Å². The topological polar surface area (TPSA) is 45.2 Å². The molecule has 21 heavy (non-hydrogen) atoms. The second kappa shape index (κ2) is 6.72. The van der Waals surface area contributed by atoms with Crippen molar-refractivity contribution in [2.45, 2.75) is 33.4 Å². The summed E-state index contributed by atoms with van der Waals surface area (Å²) in [4.78, 5) is 17.5. The molecule has 0 saturated carbocycles. The number of rotatable bonds is 5. The highest BCUT2D eigenvalue weighted by atomic mass is 32.1. The summed E-state index contributed by atoms with van der Waals surface area (Å²) in [5.74, 6) is 0.0691. The molecule has 1 atom stereocenters. The Labute approximate surface area is 129 Å². The zero-order chi connectivity index (χ0) is 15.4. The molecule has 2 rings (SSSR count). The van der Waals surface area contributed by atoms with Crippen molar-refractivity contribution in [1.29, 1.82) is 0 Å². The highest BCUT2D eigenvalue weighted by Gasteiger charge is 2.09. The highest BCUT2D eigenvalue weighted by Crippen LogP contribution is 2.21. The van der Waals surface area contributed by atoms with Crippen LogP contribution in [0.25, 0.3) is 0 Å². The lowest BCUT2D eigenvalue weighted by Gasteiger charge is -2.17. The Hall–Kier alpha value is -1.88. The van der Waals surface area contributed by atoms with Gasteiger partial charge in [-0.05, 0) is 31.5 Å². The van der Waals surface area contributed by atoms with Crippen molar-refractivity contribution in [2.24, 2.45) is 0 Å². The Balaban J connectivity index is 2.05. The number of benzene rings is 1. The van der Waals surface area contributed by atoms with E-state index >= 15 is 0 Å². The molecule has 0 saturated heterocycles. The third-order valence-corrected chi connectivity index (χ3v) is 4.14. The van der Waals surface area contributed by atoms with Crippen molar-refractivity contribution in [2.75, 3.05) is 12.4 Å². The van der Waals surface area contributed by atoms with Crippen molar-refractivity contribution in [3.63, 3.8) is 0 Å². The fourth-order valence-electron chi connectivity index (χ4n) is 2.05. The molecule has 1 amide bonds. The number of thiazole rings is 1. The van der Waals surface area contributed by atoms with E-state index in [1.807, 2.05) is 32.2 Å². The maximum Gasteiger partial charge on any atom is 0.219 e. The van der Waals surface area contributed by atoms with Crippen LogP contribution in [0, 0.1) is 6.92 Å². The normalized spacial score (nSPS) is 12.0. The lowest BCUT2D eigenvalue weighted by molar-refractivity contribution is -0.128.